The van der Waals surface area contributed by atoms with Crippen LogP contribution in [0.4, 0.5) is 8.78 Å². The molecule has 2 aromatic rings. The maximum absolute atomic E-state index is 13.5. The van der Waals surface area contributed by atoms with Crippen molar-refractivity contribution in [2.45, 2.75) is 25.7 Å². The van der Waals surface area contributed by atoms with Gasteiger partial charge in [0.25, 0.3) is 11.8 Å². The number of carbonyl (C=O) groups excluding carboxylic acids is 2. The molecule has 31 heavy (non-hydrogen) atoms. The van der Waals surface area contributed by atoms with Crippen molar-refractivity contribution in [3.63, 3.8) is 0 Å². The van der Waals surface area contributed by atoms with Crippen LogP contribution in [-0.2, 0) is 0 Å². The quantitative estimate of drug-likeness (QED) is 0.720. The third-order valence-corrected chi connectivity index (χ3v) is 5.95. The van der Waals surface area contributed by atoms with E-state index in [0.29, 0.717) is 31.0 Å². The molecule has 0 radical (unpaired) electrons. The molecule has 0 unspecified atom stereocenters. The molecule has 7 heteroatoms. The van der Waals surface area contributed by atoms with E-state index in [1.165, 1.54) is 6.07 Å². The highest BCUT2D eigenvalue weighted by molar-refractivity contribution is 5.95. The first-order valence-corrected chi connectivity index (χ1v) is 10.8. The van der Waals surface area contributed by atoms with E-state index in [1.54, 1.807) is 29.2 Å². The van der Waals surface area contributed by atoms with Crippen molar-refractivity contribution in [3.05, 3.63) is 65.2 Å². The lowest BCUT2D eigenvalue weighted by molar-refractivity contribution is 0.0632. The second-order valence-electron chi connectivity index (χ2n) is 8.22. The minimum absolute atomic E-state index is 0.0581. The zero-order valence-electron chi connectivity index (χ0n) is 17.4. The van der Waals surface area contributed by atoms with Gasteiger partial charge in [-0.2, -0.15) is 0 Å². The Morgan fingerprint density at radius 3 is 2.19 bits per heavy atom. The number of ether oxygens (including phenoxy) is 1. The number of hydrogen-bond donors (Lipinski definition) is 0. The van der Waals surface area contributed by atoms with Gasteiger partial charge < -0.3 is 14.5 Å². The minimum Gasteiger partial charge on any atom is -0.493 e. The van der Waals surface area contributed by atoms with E-state index in [1.807, 2.05) is 4.90 Å². The Morgan fingerprint density at radius 1 is 0.839 bits per heavy atom. The van der Waals surface area contributed by atoms with Crippen LogP contribution in [0.2, 0.25) is 0 Å². The zero-order valence-corrected chi connectivity index (χ0v) is 17.4. The lowest BCUT2D eigenvalue weighted by atomic mass is 9.98. The van der Waals surface area contributed by atoms with Gasteiger partial charge in [-0.3, -0.25) is 9.59 Å². The number of carbonyl (C=O) groups is 2. The fourth-order valence-corrected chi connectivity index (χ4v) is 4.21. The summed E-state index contributed by atoms with van der Waals surface area (Å²) in [4.78, 5) is 28.6. The van der Waals surface area contributed by atoms with Crippen molar-refractivity contribution in [3.8, 4) is 5.75 Å². The standard InChI is InChI=1S/C24H26F2N2O3/c25-21-10-7-19(14-22(21)26)24(30)28-13-3-4-17(15-28)16-31-20-8-5-18(6-9-20)23(29)27-11-1-2-12-27/h5-10,14,17H,1-4,11-13,15-16H2/t17-/m1/s1. The topological polar surface area (TPSA) is 49.9 Å². The second-order valence-corrected chi connectivity index (χ2v) is 8.22. The van der Waals surface area contributed by atoms with Gasteiger partial charge in [-0.05, 0) is 68.1 Å². The molecule has 0 N–H and O–H groups in total. The van der Waals surface area contributed by atoms with Crippen LogP contribution in [0, 0.1) is 17.6 Å². The SMILES string of the molecule is O=C(c1ccc(OC[C@@H]2CCCN(C(=O)c3ccc(F)c(F)c3)C2)cc1)N1CCCC1. The number of nitrogens with zero attached hydrogens (tertiary/aromatic N) is 2. The summed E-state index contributed by atoms with van der Waals surface area (Å²) in [5.74, 6) is -1.39. The number of benzene rings is 2. The Bertz CT molecular complexity index is 942. The van der Waals surface area contributed by atoms with Gasteiger partial charge in [0.15, 0.2) is 11.6 Å². The highest BCUT2D eigenvalue weighted by Gasteiger charge is 2.26. The molecule has 2 aliphatic heterocycles. The average Bonchev–Trinajstić information content (AvgIpc) is 3.34. The van der Waals surface area contributed by atoms with E-state index < -0.39 is 11.6 Å². The van der Waals surface area contributed by atoms with Gasteiger partial charge in [-0.15, -0.1) is 0 Å². The maximum Gasteiger partial charge on any atom is 0.253 e. The van der Waals surface area contributed by atoms with Crippen molar-refractivity contribution in [2.75, 3.05) is 32.8 Å². The monoisotopic (exact) mass is 428 g/mol. The third-order valence-electron chi connectivity index (χ3n) is 5.95. The van der Waals surface area contributed by atoms with Crippen LogP contribution in [0.5, 0.6) is 5.75 Å². The summed E-state index contributed by atoms with van der Waals surface area (Å²) in [6.45, 7) is 3.17. The molecule has 0 aromatic heterocycles. The molecule has 4 rings (SSSR count). The van der Waals surface area contributed by atoms with E-state index in [2.05, 4.69) is 0 Å². The number of piperidine rings is 1. The normalized spacial score (nSPS) is 18.8. The molecule has 0 aliphatic carbocycles. The minimum atomic E-state index is -1.02. The average molecular weight is 428 g/mol. The summed E-state index contributed by atoms with van der Waals surface area (Å²) in [7, 11) is 0. The lowest BCUT2D eigenvalue weighted by Gasteiger charge is -2.32. The molecule has 0 bridgehead atoms. The Hall–Kier alpha value is -2.96. The number of hydrogen-bond acceptors (Lipinski definition) is 3. The van der Waals surface area contributed by atoms with Crippen molar-refractivity contribution >= 4 is 11.8 Å². The molecule has 0 spiro atoms. The predicted octanol–water partition coefficient (Wildman–Crippen LogP) is 4.13. The van der Waals surface area contributed by atoms with Crippen LogP contribution in [0.15, 0.2) is 42.5 Å². The third kappa shape index (κ3) is 5.03. The lowest BCUT2D eigenvalue weighted by Crippen LogP contribution is -2.41. The molecule has 0 saturated carbocycles. The van der Waals surface area contributed by atoms with Crippen LogP contribution in [0.25, 0.3) is 0 Å². The number of likely N-dealkylation sites (tertiary alicyclic amines) is 2. The van der Waals surface area contributed by atoms with Crippen molar-refractivity contribution in [2.24, 2.45) is 5.92 Å². The molecule has 2 fully saturated rings. The van der Waals surface area contributed by atoms with E-state index in [9.17, 15) is 18.4 Å². The molecule has 2 aromatic carbocycles. The molecule has 2 heterocycles. The second kappa shape index (κ2) is 9.45. The van der Waals surface area contributed by atoms with E-state index in [4.69, 9.17) is 4.74 Å². The molecule has 5 nitrogen and oxygen atoms in total. The Labute approximate surface area is 180 Å². The largest absolute Gasteiger partial charge is 0.493 e. The van der Waals surface area contributed by atoms with Crippen molar-refractivity contribution in [1.82, 2.24) is 9.80 Å². The molecule has 2 aliphatic rings. The molecule has 164 valence electrons. The van der Waals surface area contributed by atoms with E-state index >= 15 is 0 Å². The van der Waals surface area contributed by atoms with Crippen LogP contribution in [0.3, 0.4) is 0 Å². The van der Waals surface area contributed by atoms with Crippen LogP contribution >= 0.6 is 0 Å². The Kier molecular flexibility index (Phi) is 6.49. The molecule has 1 atom stereocenters. The maximum atomic E-state index is 13.5. The summed E-state index contributed by atoms with van der Waals surface area (Å²) in [6, 6.07) is 10.4. The molecule has 2 amide bonds. The van der Waals surface area contributed by atoms with Crippen LogP contribution in [0.1, 0.15) is 46.4 Å². The first-order valence-electron chi connectivity index (χ1n) is 10.8. The first-order chi connectivity index (χ1) is 15.0. The highest BCUT2D eigenvalue weighted by atomic mass is 19.2. The van der Waals surface area contributed by atoms with Gasteiger partial charge in [-0.1, -0.05) is 0 Å². The smallest absolute Gasteiger partial charge is 0.253 e. The zero-order chi connectivity index (χ0) is 21.8. The molecular formula is C24H26F2N2O3. The Morgan fingerprint density at radius 2 is 1.48 bits per heavy atom. The number of rotatable bonds is 5. The summed E-state index contributed by atoms with van der Waals surface area (Å²) in [5, 5.41) is 0. The summed E-state index contributed by atoms with van der Waals surface area (Å²) >= 11 is 0. The Balaban J connectivity index is 1.31. The van der Waals surface area contributed by atoms with E-state index in [-0.39, 0.29) is 23.3 Å². The summed E-state index contributed by atoms with van der Waals surface area (Å²) < 4.78 is 32.5. The van der Waals surface area contributed by atoms with Gasteiger partial charge in [0.1, 0.15) is 5.75 Å². The highest BCUT2D eigenvalue weighted by Crippen LogP contribution is 2.22. The van der Waals surface area contributed by atoms with Gasteiger partial charge in [0.2, 0.25) is 0 Å². The summed E-state index contributed by atoms with van der Waals surface area (Å²) in [6.07, 6.45) is 3.87. The van der Waals surface area contributed by atoms with Crippen LogP contribution in [-0.4, -0.2) is 54.4 Å². The van der Waals surface area contributed by atoms with Crippen LogP contribution < -0.4 is 4.74 Å². The fourth-order valence-electron chi connectivity index (χ4n) is 4.21. The first kappa shape index (κ1) is 21.3. The van der Waals surface area contributed by atoms with Gasteiger partial charge in [0, 0.05) is 43.2 Å². The fraction of sp³-hybridized carbons (Fsp3) is 0.417. The van der Waals surface area contributed by atoms with Gasteiger partial charge >= 0.3 is 0 Å². The van der Waals surface area contributed by atoms with Gasteiger partial charge in [-0.25, -0.2) is 8.78 Å². The number of amides is 2. The number of halogens is 2. The van der Waals surface area contributed by atoms with Crippen molar-refractivity contribution < 1.29 is 23.1 Å². The van der Waals surface area contributed by atoms with E-state index in [0.717, 1.165) is 50.9 Å². The molecule has 2 saturated heterocycles. The van der Waals surface area contributed by atoms with Crippen molar-refractivity contribution in [1.29, 1.82) is 0 Å². The van der Waals surface area contributed by atoms with Gasteiger partial charge in [0.05, 0.1) is 6.61 Å². The summed E-state index contributed by atoms with van der Waals surface area (Å²) in [5.41, 5.74) is 0.814. The predicted molar refractivity (Wildman–Crippen MR) is 112 cm³/mol. The molecular weight excluding hydrogens is 402 g/mol.